The summed E-state index contributed by atoms with van der Waals surface area (Å²) in [6, 6.07) is 9.19. The lowest BCUT2D eigenvalue weighted by atomic mass is 10.2. The smallest absolute Gasteiger partial charge is 0.251 e. The number of rotatable bonds is 7. The molecule has 118 valence electrons. The second kappa shape index (κ2) is 12.8. The van der Waals surface area contributed by atoms with Crippen molar-refractivity contribution in [3.05, 3.63) is 35.9 Å². The van der Waals surface area contributed by atoms with E-state index in [2.05, 4.69) is 27.2 Å². The van der Waals surface area contributed by atoms with E-state index in [1.54, 1.807) is 30.9 Å². The SMILES string of the molecule is CN=C(NCCNC(=O)c1ccccc1)NCCSC.I. The lowest BCUT2D eigenvalue weighted by Gasteiger charge is -2.11. The van der Waals surface area contributed by atoms with Gasteiger partial charge in [0.15, 0.2) is 5.96 Å². The van der Waals surface area contributed by atoms with E-state index in [4.69, 9.17) is 0 Å². The van der Waals surface area contributed by atoms with Crippen LogP contribution in [-0.2, 0) is 0 Å². The van der Waals surface area contributed by atoms with Gasteiger partial charge >= 0.3 is 0 Å². The molecule has 1 aromatic rings. The van der Waals surface area contributed by atoms with Crippen LogP contribution in [0.5, 0.6) is 0 Å². The maximum atomic E-state index is 11.8. The van der Waals surface area contributed by atoms with E-state index < -0.39 is 0 Å². The van der Waals surface area contributed by atoms with Crippen LogP contribution in [0.15, 0.2) is 35.3 Å². The number of carbonyl (C=O) groups is 1. The molecule has 1 amide bonds. The molecular weight excluding hydrogens is 399 g/mol. The highest BCUT2D eigenvalue weighted by Crippen LogP contribution is 1.96. The number of carbonyl (C=O) groups excluding carboxylic acids is 1. The summed E-state index contributed by atoms with van der Waals surface area (Å²) < 4.78 is 0. The van der Waals surface area contributed by atoms with E-state index in [-0.39, 0.29) is 29.9 Å². The highest BCUT2D eigenvalue weighted by molar-refractivity contribution is 14.0. The molecule has 0 saturated heterocycles. The highest BCUT2D eigenvalue weighted by Gasteiger charge is 2.03. The van der Waals surface area contributed by atoms with E-state index in [1.165, 1.54) is 0 Å². The van der Waals surface area contributed by atoms with Gasteiger partial charge in [0.25, 0.3) is 5.91 Å². The van der Waals surface area contributed by atoms with Gasteiger partial charge in [-0.1, -0.05) is 18.2 Å². The minimum absolute atomic E-state index is 0. The molecule has 21 heavy (non-hydrogen) atoms. The van der Waals surface area contributed by atoms with Crippen molar-refractivity contribution in [1.82, 2.24) is 16.0 Å². The summed E-state index contributed by atoms with van der Waals surface area (Å²) in [6.45, 7) is 2.06. The molecule has 1 aromatic carbocycles. The average Bonchev–Trinajstić information content (AvgIpc) is 2.50. The van der Waals surface area contributed by atoms with Gasteiger partial charge in [-0.05, 0) is 18.4 Å². The number of aliphatic imine (C=N–C) groups is 1. The lowest BCUT2D eigenvalue weighted by Crippen LogP contribution is -2.42. The van der Waals surface area contributed by atoms with Crippen LogP contribution in [0.2, 0.25) is 0 Å². The van der Waals surface area contributed by atoms with Crippen LogP contribution in [-0.4, -0.2) is 50.6 Å². The first-order valence-corrected chi connectivity index (χ1v) is 7.94. The Hall–Kier alpha value is -0.960. The summed E-state index contributed by atoms with van der Waals surface area (Å²) in [7, 11) is 1.73. The van der Waals surface area contributed by atoms with Gasteiger partial charge < -0.3 is 16.0 Å². The number of benzene rings is 1. The van der Waals surface area contributed by atoms with E-state index in [0.717, 1.165) is 18.3 Å². The molecular formula is C14H23IN4OS. The second-order valence-electron chi connectivity index (χ2n) is 4.04. The van der Waals surface area contributed by atoms with Gasteiger partial charge in [0.2, 0.25) is 0 Å². The average molecular weight is 422 g/mol. The van der Waals surface area contributed by atoms with E-state index in [1.807, 2.05) is 18.2 Å². The Morgan fingerprint density at radius 2 is 1.71 bits per heavy atom. The van der Waals surface area contributed by atoms with Crippen molar-refractivity contribution in [3.8, 4) is 0 Å². The maximum absolute atomic E-state index is 11.8. The Morgan fingerprint density at radius 1 is 1.10 bits per heavy atom. The van der Waals surface area contributed by atoms with Crippen LogP contribution < -0.4 is 16.0 Å². The molecule has 0 aromatic heterocycles. The third-order valence-electron chi connectivity index (χ3n) is 2.56. The number of hydrogen-bond acceptors (Lipinski definition) is 3. The summed E-state index contributed by atoms with van der Waals surface area (Å²) in [5.74, 6) is 1.73. The van der Waals surface area contributed by atoms with Crippen LogP contribution in [0.4, 0.5) is 0 Å². The standard InChI is InChI=1S/C14H22N4OS.HI/c1-15-14(18-10-11-20-2)17-9-8-16-13(19)12-6-4-3-5-7-12;/h3-7H,8-11H2,1-2H3,(H,16,19)(H2,15,17,18);1H. The first-order valence-electron chi connectivity index (χ1n) is 6.54. The summed E-state index contributed by atoms with van der Waals surface area (Å²) in [5, 5.41) is 9.20. The zero-order valence-corrected chi connectivity index (χ0v) is 15.5. The molecule has 0 saturated carbocycles. The Bertz CT molecular complexity index is 428. The number of guanidine groups is 1. The molecule has 0 radical (unpaired) electrons. The van der Waals surface area contributed by atoms with Gasteiger partial charge in [-0.15, -0.1) is 24.0 Å². The number of amides is 1. The van der Waals surface area contributed by atoms with Crippen molar-refractivity contribution in [3.63, 3.8) is 0 Å². The highest BCUT2D eigenvalue weighted by atomic mass is 127. The van der Waals surface area contributed by atoms with E-state index in [9.17, 15) is 4.79 Å². The van der Waals surface area contributed by atoms with Crippen molar-refractivity contribution < 1.29 is 4.79 Å². The molecule has 0 spiro atoms. The fourth-order valence-corrected chi connectivity index (χ4v) is 1.85. The molecule has 0 bridgehead atoms. The largest absolute Gasteiger partial charge is 0.356 e. The molecule has 7 heteroatoms. The molecule has 3 N–H and O–H groups in total. The zero-order valence-electron chi connectivity index (χ0n) is 12.4. The molecule has 0 aliphatic carbocycles. The minimum atomic E-state index is -0.0577. The predicted molar refractivity (Wildman–Crippen MR) is 102 cm³/mol. The number of nitrogens with one attached hydrogen (secondary N) is 3. The Morgan fingerprint density at radius 3 is 2.33 bits per heavy atom. The molecule has 1 rings (SSSR count). The zero-order chi connectivity index (χ0) is 14.6. The van der Waals surface area contributed by atoms with Crippen LogP contribution in [0, 0.1) is 0 Å². The van der Waals surface area contributed by atoms with Crippen molar-refractivity contribution >= 4 is 47.6 Å². The summed E-state index contributed by atoms with van der Waals surface area (Å²) >= 11 is 1.78. The molecule has 5 nitrogen and oxygen atoms in total. The minimum Gasteiger partial charge on any atom is -0.356 e. The normalized spacial score (nSPS) is 10.5. The van der Waals surface area contributed by atoms with Crippen molar-refractivity contribution in [2.45, 2.75) is 0 Å². The fourth-order valence-electron chi connectivity index (χ4n) is 1.54. The number of nitrogens with zero attached hydrogens (tertiary/aromatic N) is 1. The fraction of sp³-hybridized carbons (Fsp3) is 0.429. The Labute approximate surface area is 147 Å². The molecule has 0 aliphatic heterocycles. The van der Waals surface area contributed by atoms with E-state index in [0.29, 0.717) is 18.7 Å². The number of halogens is 1. The predicted octanol–water partition coefficient (Wildman–Crippen LogP) is 1.56. The van der Waals surface area contributed by atoms with Crippen molar-refractivity contribution in [2.24, 2.45) is 4.99 Å². The van der Waals surface area contributed by atoms with Crippen LogP contribution >= 0.6 is 35.7 Å². The topological polar surface area (TPSA) is 65.5 Å². The molecule has 0 aliphatic rings. The lowest BCUT2D eigenvalue weighted by molar-refractivity contribution is 0.0954. The first-order chi connectivity index (χ1) is 9.77. The van der Waals surface area contributed by atoms with Gasteiger partial charge in [0, 0.05) is 38.0 Å². The van der Waals surface area contributed by atoms with Crippen LogP contribution in [0.25, 0.3) is 0 Å². The quantitative estimate of drug-likeness (QED) is 0.270. The summed E-state index contributed by atoms with van der Waals surface area (Å²) in [5.41, 5.74) is 0.676. The van der Waals surface area contributed by atoms with Crippen LogP contribution in [0.3, 0.4) is 0 Å². The molecule has 0 heterocycles. The number of thioether (sulfide) groups is 1. The maximum Gasteiger partial charge on any atom is 0.251 e. The van der Waals surface area contributed by atoms with Crippen molar-refractivity contribution in [2.75, 3.05) is 38.7 Å². The van der Waals surface area contributed by atoms with Gasteiger partial charge in [-0.25, -0.2) is 0 Å². The van der Waals surface area contributed by atoms with Crippen LogP contribution in [0.1, 0.15) is 10.4 Å². The van der Waals surface area contributed by atoms with Gasteiger partial charge in [0.05, 0.1) is 0 Å². The molecule has 0 unspecified atom stereocenters. The Balaban J connectivity index is 0.00000400. The molecule has 0 atom stereocenters. The summed E-state index contributed by atoms with van der Waals surface area (Å²) in [4.78, 5) is 15.9. The first kappa shape index (κ1) is 20.0. The number of hydrogen-bond donors (Lipinski definition) is 3. The second-order valence-corrected chi connectivity index (χ2v) is 5.03. The van der Waals surface area contributed by atoms with Crippen molar-refractivity contribution in [1.29, 1.82) is 0 Å². The Kier molecular flexibility index (Phi) is 12.2. The van der Waals surface area contributed by atoms with E-state index >= 15 is 0 Å². The third-order valence-corrected chi connectivity index (χ3v) is 3.17. The monoisotopic (exact) mass is 422 g/mol. The van der Waals surface area contributed by atoms with Gasteiger partial charge in [-0.2, -0.15) is 11.8 Å². The summed E-state index contributed by atoms with van der Waals surface area (Å²) in [6.07, 6.45) is 2.07. The molecule has 0 fully saturated rings. The van der Waals surface area contributed by atoms with Gasteiger partial charge in [-0.3, -0.25) is 9.79 Å². The third kappa shape index (κ3) is 8.82. The van der Waals surface area contributed by atoms with Gasteiger partial charge in [0.1, 0.15) is 0 Å².